The summed E-state index contributed by atoms with van der Waals surface area (Å²) in [6.45, 7) is 0. The number of carbonyl (C=O) groups is 2. The molecule has 5 rings (SSSR count). The standard InChI is InChI=1S/C31H32O4/c32-30(33)26-16-8-6-14-24(26)28-22(20-10-2-1-3-11-20)18-19-23(21-12-4-5-13-21)29(28)25-15-7-9-17-27(25)31(34)35/h6-9,14-21H,1-5,10-13H2,(H,32,33)(H,34,35). The number of carboxylic acids is 2. The highest BCUT2D eigenvalue weighted by Crippen LogP contribution is 2.49. The monoisotopic (exact) mass is 468 g/mol. The quantitative estimate of drug-likeness (QED) is 0.383. The van der Waals surface area contributed by atoms with Gasteiger partial charge in [-0.2, -0.15) is 0 Å². The van der Waals surface area contributed by atoms with Crippen molar-refractivity contribution in [2.45, 2.75) is 69.6 Å². The minimum atomic E-state index is -0.960. The molecule has 0 aliphatic heterocycles. The summed E-state index contributed by atoms with van der Waals surface area (Å²) in [5.41, 5.74) is 6.08. The predicted molar refractivity (Wildman–Crippen MR) is 138 cm³/mol. The minimum absolute atomic E-state index is 0.265. The Hall–Kier alpha value is -3.40. The van der Waals surface area contributed by atoms with Gasteiger partial charge in [-0.15, -0.1) is 0 Å². The van der Waals surface area contributed by atoms with Crippen LogP contribution in [-0.2, 0) is 0 Å². The molecule has 2 N–H and O–H groups in total. The third-order valence-electron chi connectivity index (χ3n) is 7.96. The second-order valence-corrected chi connectivity index (χ2v) is 10.0. The Morgan fingerprint density at radius 2 is 0.914 bits per heavy atom. The molecule has 2 aliphatic carbocycles. The average molecular weight is 469 g/mol. The van der Waals surface area contributed by atoms with Gasteiger partial charge in [0.05, 0.1) is 11.1 Å². The van der Waals surface area contributed by atoms with Crippen LogP contribution < -0.4 is 0 Å². The van der Waals surface area contributed by atoms with Crippen molar-refractivity contribution in [3.8, 4) is 22.3 Å². The van der Waals surface area contributed by atoms with E-state index in [4.69, 9.17) is 0 Å². The molecular weight excluding hydrogens is 436 g/mol. The van der Waals surface area contributed by atoms with Gasteiger partial charge in [-0.1, -0.05) is 80.6 Å². The molecule has 2 saturated carbocycles. The minimum Gasteiger partial charge on any atom is -0.478 e. The molecule has 35 heavy (non-hydrogen) atoms. The van der Waals surface area contributed by atoms with Crippen LogP contribution in [0.15, 0.2) is 60.7 Å². The van der Waals surface area contributed by atoms with Crippen LogP contribution in [0.2, 0.25) is 0 Å². The van der Waals surface area contributed by atoms with E-state index in [9.17, 15) is 19.8 Å². The molecule has 0 bridgehead atoms. The van der Waals surface area contributed by atoms with E-state index in [2.05, 4.69) is 12.1 Å². The largest absolute Gasteiger partial charge is 0.478 e. The van der Waals surface area contributed by atoms with Gasteiger partial charge in [-0.3, -0.25) is 0 Å². The van der Waals surface area contributed by atoms with Gasteiger partial charge in [-0.25, -0.2) is 9.59 Å². The lowest BCUT2D eigenvalue weighted by atomic mass is 9.74. The lowest BCUT2D eigenvalue weighted by Gasteiger charge is -2.29. The third-order valence-corrected chi connectivity index (χ3v) is 7.96. The zero-order valence-electron chi connectivity index (χ0n) is 20.0. The maximum atomic E-state index is 12.4. The Morgan fingerprint density at radius 1 is 0.543 bits per heavy atom. The summed E-state index contributed by atoms with van der Waals surface area (Å²) in [6, 6.07) is 18.9. The van der Waals surface area contributed by atoms with Crippen molar-refractivity contribution in [2.75, 3.05) is 0 Å². The van der Waals surface area contributed by atoms with E-state index in [0.717, 1.165) is 73.6 Å². The Labute approximate surface area is 206 Å². The molecule has 3 aromatic carbocycles. The molecule has 2 aliphatic rings. The van der Waals surface area contributed by atoms with E-state index in [1.165, 1.54) is 6.42 Å². The van der Waals surface area contributed by atoms with Crippen LogP contribution >= 0.6 is 0 Å². The van der Waals surface area contributed by atoms with Crippen molar-refractivity contribution in [1.82, 2.24) is 0 Å². The smallest absolute Gasteiger partial charge is 0.336 e. The molecule has 0 atom stereocenters. The number of benzene rings is 3. The fourth-order valence-corrected chi connectivity index (χ4v) is 6.32. The Balaban J connectivity index is 1.89. The molecule has 0 aromatic heterocycles. The Morgan fingerprint density at radius 3 is 1.31 bits per heavy atom. The lowest BCUT2D eigenvalue weighted by Crippen LogP contribution is -2.11. The summed E-state index contributed by atoms with van der Waals surface area (Å²) in [5.74, 6) is -1.23. The number of aromatic carboxylic acids is 2. The van der Waals surface area contributed by atoms with Crippen molar-refractivity contribution in [1.29, 1.82) is 0 Å². The molecule has 0 saturated heterocycles. The Bertz CT molecular complexity index is 1250. The Kier molecular flexibility index (Phi) is 6.72. The molecule has 4 nitrogen and oxygen atoms in total. The van der Waals surface area contributed by atoms with Crippen molar-refractivity contribution >= 4 is 11.9 Å². The molecule has 0 unspecified atom stereocenters. The van der Waals surface area contributed by atoms with E-state index in [1.807, 2.05) is 24.3 Å². The van der Waals surface area contributed by atoms with Crippen molar-refractivity contribution in [2.24, 2.45) is 0 Å². The molecule has 4 heteroatoms. The molecule has 3 aromatic rings. The molecule has 0 radical (unpaired) electrons. The summed E-state index contributed by atoms with van der Waals surface area (Å²) < 4.78 is 0. The number of carboxylic acid groups (broad SMARTS) is 2. The topological polar surface area (TPSA) is 74.6 Å². The third kappa shape index (κ3) is 4.50. The summed E-state index contributed by atoms with van der Waals surface area (Å²) in [6.07, 6.45) is 10.2. The molecule has 180 valence electrons. The fraction of sp³-hybridized carbons (Fsp3) is 0.355. The zero-order chi connectivity index (χ0) is 24.4. The first-order chi connectivity index (χ1) is 17.1. The van der Waals surface area contributed by atoms with Gasteiger partial charge in [0.15, 0.2) is 0 Å². The van der Waals surface area contributed by atoms with E-state index in [0.29, 0.717) is 23.0 Å². The van der Waals surface area contributed by atoms with Crippen LogP contribution in [0.3, 0.4) is 0 Å². The maximum Gasteiger partial charge on any atom is 0.336 e. The first-order valence-electron chi connectivity index (χ1n) is 12.9. The van der Waals surface area contributed by atoms with Gasteiger partial charge < -0.3 is 10.2 Å². The summed E-state index contributed by atoms with van der Waals surface area (Å²) in [4.78, 5) is 24.7. The first-order valence-corrected chi connectivity index (χ1v) is 12.9. The van der Waals surface area contributed by atoms with Gasteiger partial charge in [0.1, 0.15) is 0 Å². The average Bonchev–Trinajstić information content (AvgIpc) is 3.43. The zero-order valence-corrected chi connectivity index (χ0v) is 20.0. The highest BCUT2D eigenvalue weighted by Gasteiger charge is 2.30. The van der Waals surface area contributed by atoms with E-state index < -0.39 is 11.9 Å². The maximum absolute atomic E-state index is 12.4. The van der Waals surface area contributed by atoms with Crippen LogP contribution in [-0.4, -0.2) is 22.2 Å². The van der Waals surface area contributed by atoms with Gasteiger partial charge in [0.25, 0.3) is 0 Å². The normalized spacial score (nSPS) is 16.9. The SMILES string of the molecule is O=C(O)c1ccccc1-c1c(C2CCCCC2)ccc(C2CCCC2)c1-c1ccccc1C(=O)O. The van der Waals surface area contributed by atoms with Gasteiger partial charge in [-0.05, 0) is 83.0 Å². The van der Waals surface area contributed by atoms with Gasteiger partial charge >= 0.3 is 11.9 Å². The summed E-state index contributed by atoms with van der Waals surface area (Å²) in [7, 11) is 0. The molecule has 0 spiro atoms. The van der Waals surface area contributed by atoms with E-state index >= 15 is 0 Å². The van der Waals surface area contributed by atoms with Crippen LogP contribution in [0.5, 0.6) is 0 Å². The molecule has 2 fully saturated rings. The van der Waals surface area contributed by atoms with E-state index in [1.54, 1.807) is 24.3 Å². The fourth-order valence-electron chi connectivity index (χ4n) is 6.32. The molecule has 0 amide bonds. The summed E-state index contributed by atoms with van der Waals surface area (Å²) in [5, 5.41) is 20.2. The number of hydrogen-bond donors (Lipinski definition) is 2. The predicted octanol–water partition coefficient (Wildman–Crippen LogP) is 8.12. The molecule has 0 heterocycles. The number of rotatable bonds is 6. The van der Waals surface area contributed by atoms with Crippen molar-refractivity contribution < 1.29 is 19.8 Å². The highest BCUT2D eigenvalue weighted by molar-refractivity contribution is 6.04. The molecular formula is C31H32O4. The van der Waals surface area contributed by atoms with Crippen LogP contribution in [0.1, 0.15) is 101 Å². The van der Waals surface area contributed by atoms with Gasteiger partial charge in [0, 0.05) is 0 Å². The van der Waals surface area contributed by atoms with Gasteiger partial charge in [0.2, 0.25) is 0 Å². The van der Waals surface area contributed by atoms with Crippen molar-refractivity contribution in [3.05, 3.63) is 82.9 Å². The second-order valence-electron chi connectivity index (χ2n) is 10.0. The van der Waals surface area contributed by atoms with Crippen LogP contribution in [0.4, 0.5) is 0 Å². The van der Waals surface area contributed by atoms with E-state index in [-0.39, 0.29) is 11.1 Å². The lowest BCUT2D eigenvalue weighted by molar-refractivity contribution is 0.0686. The van der Waals surface area contributed by atoms with Crippen LogP contribution in [0.25, 0.3) is 22.3 Å². The van der Waals surface area contributed by atoms with Crippen molar-refractivity contribution in [3.63, 3.8) is 0 Å². The number of hydrogen-bond acceptors (Lipinski definition) is 2. The van der Waals surface area contributed by atoms with Crippen LogP contribution in [0, 0.1) is 0 Å². The first kappa shape index (κ1) is 23.3. The summed E-state index contributed by atoms with van der Waals surface area (Å²) >= 11 is 0. The second kappa shape index (κ2) is 10.1. The highest BCUT2D eigenvalue weighted by atomic mass is 16.4.